The standard InChI is InChI=1S/C16H21BrN2O2/c17-12-6-5-9-14(10-12)19-16(21)11-15(20)18-13-7-3-1-2-4-8-13/h5-6,9-10,13H,1-4,7-8,11H2,(H,18,20)(H,19,21). The van der Waals surface area contributed by atoms with Crippen molar-refractivity contribution in [3.8, 4) is 0 Å². The summed E-state index contributed by atoms with van der Waals surface area (Å²) in [5, 5.41) is 5.71. The van der Waals surface area contributed by atoms with Gasteiger partial charge in [-0.25, -0.2) is 0 Å². The second-order valence-electron chi connectivity index (χ2n) is 5.49. The molecule has 0 atom stereocenters. The summed E-state index contributed by atoms with van der Waals surface area (Å²) in [5.74, 6) is -0.464. The molecule has 21 heavy (non-hydrogen) atoms. The first-order valence-electron chi connectivity index (χ1n) is 7.48. The van der Waals surface area contributed by atoms with Gasteiger partial charge in [0.05, 0.1) is 0 Å². The van der Waals surface area contributed by atoms with E-state index in [9.17, 15) is 9.59 Å². The Morgan fingerprint density at radius 3 is 2.48 bits per heavy atom. The summed E-state index contributed by atoms with van der Waals surface area (Å²) in [4.78, 5) is 23.8. The number of carbonyl (C=O) groups is 2. The molecule has 0 aromatic heterocycles. The molecule has 2 N–H and O–H groups in total. The maximum absolute atomic E-state index is 11.9. The van der Waals surface area contributed by atoms with E-state index in [0.717, 1.165) is 30.2 Å². The van der Waals surface area contributed by atoms with E-state index in [1.54, 1.807) is 12.1 Å². The third-order valence-electron chi connectivity index (χ3n) is 3.65. The molecule has 0 spiro atoms. The number of carbonyl (C=O) groups excluding carboxylic acids is 2. The molecule has 1 saturated carbocycles. The van der Waals surface area contributed by atoms with Gasteiger partial charge in [0.1, 0.15) is 6.42 Å². The summed E-state index contributed by atoms with van der Waals surface area (Å²) in [6.07, 6.45) is 6.75. The molecule has 0 unspecified atom stereocenters. The third-order valence-corrected chi connectivity index (χ3v) is 4.14. The largest absolute Gasteiger partial charge is 0.353 e. The van der Waals surface area contributed by atoms with Crippen LogP contribution in [-0.4, -0.2) is 17.9 Å². The minimum atomic E-state index is -0.278. The summed E-state index contributed by atoms with van der Waals surface area (Å²) >= 11 is 3.35. The maximum atomic E-state index is 11.9. The molecule has 2 amide bonds. The van der Waals surface area contributed by atoms with Crippen molar-refractivity contribution in [1.82, 2.24) is 5.32 Å². The zero-order valence-corrected chi connectivity index (χ0v) is 13.6. The Labute approximate surface area is 133 Å². The first-order valence-corrected chi connectivity index (χ1v) is 8.27. The molecule has 1 aliphatic rings. The van der Waals surface area contributed by atoms with Crippen molar-refractivity contribution in [2.75, 3.05) is 5.32 Å². The van der Waals surface area contributed by atoms with Crippen LogP contribution in [-0.2, 0) is 9.59 Å². The number of anilines is 1. The highest BCUT2D eigenvalue weighted by Crippen LogP contribution is 2.18. The number of benzene rings is 1. The van der Waals surface area contributed by atoms with E-state index in [0.29, 0.717) is 5.69 Å². The van der Waals surface area contributed by atoms with E-state index >= 15 is 0 Å². The average Bonchev–Trinajstić information content (AvgIpc) is 2.67. The molecule has 0 saturated heterocycles. The number of halogens is 1. The highest BCUT2D eigenvalue weighted by Gasteiger charge is 2.16. The fraction of sp³-hybridized carbons (Fsp3) is 0.500. The summed E-state index contributed by atoms with van der Waals surface area (Å²) in [6.45, 7) is 0. The van der Waals surface area contributed by atoms with Crippen LogP contribution in [0.25, 0.3) is 0 Å². The van der Waals surface area contributed by atoms with E-state index in [4.69, 9.17) is 0 Å². The molecule has 2 rings (SSSR count). The number of amides is 2. The van der Waals surface area contributed by atoms with Gasteiger partial charge in [-0.05, 0) is 31.0 Å². The van der Waals surface area contributed by atoms with Crippen molar-refractivity contribution in [1.29, 1.82) is 0 Å². The van der Waals surface area contributed by atoms with Gasteiger partial charge in [-0.1, -0.05) is 47.7 Å². The Morgan fingerprint density at radius 1 is 1.10 bits per heavy atom. The third kappa shape index (κ3) is 5.87. The van der Waals surface area contributed by atoms with Crippen LogP contribution in [0.4, 0.5) is 5.69 Å². The van der Waals surface area contributed by atoms with E-state index in [2.05, 4.69) is 26.6 Å². The molecule has 1 aromatic rings. The summed E-state index contributed by atoms with van der Waals surface area (Å²) in [7, 11) is 0. The van der Waals surface area contributed by atoms with Crippen molar-refractivity contribution in [2.45, 2.75) is 51.0 Å². The van der Waals surface area contributed by atoms with Crippen molar-refractivity contribution in [3.05, 3.63) is 28.7 Å². The predicted octanol–water partition coefficient (Wildman–Crippen LogP) is 3.62. The van der Waals surface area contributed by atoms with Crippen LogP contribution in [0.3, 0.4) is 0 Å². The van der Waals surface area contributed by atoms with Crippen molar-refractivity contribution >= 4 is 33.4 Å². The molecule has 0 radical (unpaired) electrons. The van der Waals surface area contributed by atoms with Gasteiger partial charge in [0.15, 0.2) is 0 Å². The average molecular weight is 353 g/mol. The van der Waals surface area contributed by atoms with Crippen LogP contribution in [0.2, 0.25) is 0 Å². The number of rotatable bonds is 4. The first kappa shape index (κ1) is 16.0. The SMILES string of the molecule is O=C(CC(=O)NC1CCCCCC1)Nc1cccc(Br)c1. The lowest BCUT2D eigenvalue weighted by Gasteiger charge is -2.16. The van der Waals surface area contributed by atoms with Gasteiger partial charge in [0, 0.05) is 16.2 Å². The van der Waals surface area contributed by atoms with Crippen LogP contribution in [0.5, 0.6) is 0 Å². The Kier molecular flexibility index (Phi) is 6.23. The van der Waals surface area contributed by atoms with Crippen LogP contribution in [0.15, 0.2) is 28.7 Å². The smallest absolute Gasteiger partial charge is 0.233 e. The van der Waals surface area contributed by atoms with Crippen molar-refractivity contribution in [2.24, 2.45) is 0 Å². The molecular formula is C16H21BrN2O2. The van der Waals surface area contributed by atoms with Gasteiger partial charge in [-0.15, -0.1) is 0 Å². The molecule has 1 aromatic carbocycles. The van der Waals surface area contributed by atoms with Crippen LogP contribution < -0.4 is 10.6 Å². The van der Waals surface area contributed by atoms with Gasteiger partial charge in [-0.3, -0.25) is 9.59 Å². The van der Waals surface area contributed by atoms with Crippen LogP contribution in [0.1, 0.15) is 44.9 Å². The molecular weight excluding hydrogens is 332 g/mol. The second kappa shape index (κ2) is 8.17. The van der Waals surface area contributed by atoms with Crippen molar-refractivity contribution < 1.29 is 9.59 Å². The van der Waals surface area contributed by atoms with Crippen molar-refractivity contribution in [3.63, 3.8) is 0 Å². The normalized spacial score (nSPS) is 16.0. The summed E-state index contributed by atoms with van der Waals surface area (Å²) in [6, 6.07) is 7.56. The lowest BCUT2D eigenvalue weighted by atomic mass is 10.1. The van der Waals surface area contributed by atoms with E-state index < -0.39 is 0 Å². The summed E-state index contributed by atoms with van der Waals surface area (Å²) in [5.41, 5.74) is 0.691. The van der Waals surface area contributed by atoms with Gasteiger partial charge >= 0.3 is 0 Å². The molecule has 1 fully saturated rings. The fourth-order valence-corrected chi connectivity index (χ4v) is 3.02. The van der Waals surface area contributed by atoms with E-state index in [1.807, 2.05) is 12.1 Å². The molecule has 1 aliphatic carbocycles. The van der Waals surface area contributed by atoms with Gasteiger partial charge in [-0.2, -0.15) is 0 Å². The van der Waals surface area contributed by atoms with Gasteiger partial charge in [0.25, 0.3) is 0 Å². The summed E-state index contributed by atoms with van der Waals surface area (Å²) < 4.78 is 0.892. The fourth-order valence-electron chi connectivity index (χ4n) is 2.62. The maximum Gasteiger partial charge on any atom is 0.233 e. The minimum absolute atomic E-state index is 0.122. The van der Waals surface area contributed by atoms with Crippen LogP contribution in [0, 0.1) is 0 Å². The molecule has 5 heteroatoms. The Bertz CT molecular complexity index is 497. The zero-order chi connectivity index (χ0) is 15.1. The van der Waals surface area contributed by atoms with Gasteiger partial charge < -0.3 is 10.6 Å². The number of hydrogen-bond donors (Lipinski definition) is 2. The molecule has 0 aliphatic heterocycles. The Hall–Kier alpha value is -1.36. The second-order valence-corrected chi connectivity index (χ2v) is 6.41. The molecule has 4 nitrogen and oxygen atoms in total. The van der Waals surface area contributed by atoms with Crippen LogP contribution >= 0.6 is 15.9 Å². The molecule has 0 heterocycles. The lowest BCUT2D eigenvalue weighted by molar-refractivity contribution is -0.127. The first-order chi connectivity index (χ1) is 10.1. The highest BCUT2D eigenvalue weighted by atomic mass is 79.9. The molecule has 0 bridgehead atoms. The monoisotopic (exact) mass is 352 g/mol. The van der Waals surface area contributed by atoms with E-state index in [1.165, 1.54) is 12.8 Å². The quantitative estimate of drug-likeness (QED) is 0.642. The Morgan fingerprint density at radius 2 is 1.81 bits per heavy atom. The minimum Gasteiger partial charge on any atom is -0.353 e. The topological polar surface area (TPSA) is 58.2 Å². The number of nitrogens with one attached hydrogen (secondary N) is 2. The lowest BCUT2D eigenvalue weighted by Crippen LogP contribution is -2.36. The van der Waals surface area contributed by atoms with Gasteiger partial charge in [0.2, 0.25) is 11.8 Å². The highest BCUT2D eigenvalue weighted by molar-refractivity contribution is 9.10. The Balaban J connectivity index is 1.77. The van der Waals surface area contributed by atoms with E-state index in [-0.39, 0.29) is 24.3 Å². The zero-order valence-electron chi connectivity index (χ0n) is 12.0. The molecule has 114 valence electrons. The number of hydrogen-bond acceptors (Lipinski definition) is 2. The predicted molar refractivity (Wildman–Crippen MR) is 87.0 cm³/mol.